The quantitative estimate of drug-likeness (QED) is 0.860. The lowest BCUT2D eigenvalue weighted by molar-refractivity contribution is 0.0568. The van der Waals surface area contributed by atoms with Gasteiger partial charge < -0.3 is 9.42 Å². The molecular weight excluding hydrogens is 298 g/mol. The van der Waals surface area contributed by atoms with Crippen molar-refractivity contribution in [3.05, 3.63) is 33.6 Å². The molecule has 1 aliphatic rings. The highest BCUT2D eigenvalue weighted by Gasteiger charge is 2.32. The number of carbonyl (C=O) groups is 1. The van der Waals surface area contributed by atoms with Gasteiger partial charge in [-0.2, -0.15) is 0 Å². The van der Waals surface area contributed by atoms with Gasteiger partial charge in [-0.1, -0.05) is 19.0 Å². The zero-order chi connectivity index (χ0) is 15.7. The number of hydrogen-bond acceptors (Lipinski definition) is 5. The Morgan fingerprint density at radius 2 is 2.27 bits per heavy atom. The molecule has 3 rings (SSSR count). The Morgan fingerprint density at radius 3 is 2.91 bits per heavy atom. The number of aryl methyl sites for hydroxylation is 1. The van der Waals surface area contributed by atoms with Crippen molar-refractivity contribution in [1.82, 2.24) is 15.0 Å². The number of hydrogen-bond donors (Lipinski definition) is 0. The lowest BCUT2D eigenvalue weighted by Gasteiger charge is -2.33. The van der Waals surface area contributed by atoms with Crippen molar-refractivity contribution < 1.29 is 9.32 Å². The smallest absolute Gasteiger partial charge is 0.293 e. The van der Waals surface area contributed by atoms with Gasteiger partial charge in [-0.25, -0.2) is 4.98 Å². The molecule has 118 valence electrons. The molecule has 1 unspecified atom stereocenters. The van der Waals surface area contributed by atoms with E-state index in [1.807, 2.05) is 31.1 Å². The first-order valence-corrected chi connectivity index (χ1v) is 8.64. The van der Waals surface area contributed by atoms with E-state index in [0.717, 1.165) is 42.2 Å². The Hall–Kier alpha value is -1.69. The molecule has 1 amide bonds. The average molecular weight is 319 g/mol. The highest BCUT2D eigenvalue weighted by Crippen LogP contribution is 2.34. The number of thiazole rings is 1. The molecule has 0 N–H and O–H groups in total. The van der Waals surface area contributed by atoms with Crippen LogP contribution in [0.4, 0.5) is 0 Å². The van der Waals surface area contributed by atoms with E-state index in [1.54, 1.807) is 17.4 Å². The van der Waals surface area contributed by atoms with Gasteiger partial charge in [0.1, 0.15) is 5.01 Å². The standard InChI is InChI=1S/C16H21N3O2S/c1-10(2)12-8-14(21-18-12)16(20)19-7-5-4-6-13(19)15-17-11(3)9-22-15/h8-10,13H,4-7H2,1-3H3. The summed E-state index contributed by atoms with van der Waals surface area (Å²) in [6.45, 7) is 6.81. The second-order valence-corrected chi connectivity index (χ2v) is 7.00. The molecule has 2 aromatic heterocycles. The molecule has 0 spiro atoms. The summed E-state index contributed by atoms with van der Waals surface area (Å²) in [4.78, 5) is 19.3. The van der Waals surface area contributed by atoms with E-state index in [-0.39, 0.29) is 17.9 Å². The molecule has 1 atom stereocenters. The number of likely N-dealkylation sites (tertiary alicyclic amines) is 1. The second-order valence-electron chi connectivity index (χ2n) is 6.11. The summed E-state index contributed by atoms with van der Waals surface area (Å²) in [6, 6.07) is 1.83. The third kappa shape index (κ3) is 2.92. The van der Waals surface area contributed by atoms with Crippen molar-refractivity contribution >= 4 is 17.2 Å². The summed E-state index contributed by atoms with van der Waals surface area (Å²) >= 11 is 1.63. The molecule has 1 saturated heterocycles. The Labute approximate surface area is 134 Å². The summed E-state index contributed by atoms with van der Waals surface area (Å²) in [5.41, 5.74) is 1.83. The van der Waals surface area contributed by atoms with E-state index < -0.39 is 0 Å². The van der Waals surface area contributed by atoms with E-state index in [1.165, 1.54) is 0 Å². The highest BCUT2D eigenvalue weighted by molar-refractivity contribution is 7.09. The minimum Gasteiger partial charge on any atom is -0.351 e. The van der Waals surface area contributed by atoms with Crippen molar-refractivity contribution in [3.8, 4) is 0 Å². The number of nitrogens with zero attached hydrogens (tertiary/aromatic N) is 3. The molecule has 0 aliphatic carbocycles. The van der Waals surface area contributed by atoms with Gasteiger partial charge in [0.15, 0.2) is 0 Å². The lowest BCUT2D eigenvalue weighted by Crippen LogP contribution is -2.38. The maximum atomic E-state index is 12.8. The molecule has 0 radical (unpaired) electrons. The van der Waals surface area contributed by atoms with Gasteiger partial charge in [0.25, 0.3) is 5.91 Å². The molecule has 0 saturated carbocycles. The fourth-order valence-electron chi connectivity index (χ4n) is 2.76. The summed E-state index contributed by atoms with van der Waals surface area (Å²) in [7, 11) is 0. The van der Waals surface area contributed by atoms with E-state index in [0.29, 0.717) is 5.76 Å². The van der Waals surface area contributed by atoms with Crippen LogP contribution in [-0.4, -0.2) is 27.5 Å². The van der Waals surface area contributed by atoms with Gasteiger partial charge in [0.05, 0.1) is 11.7 Å². The molecule has 0 aromatic carbocycles. The molecule has 6 heteroatoms. The minimum absolute atomic E-state index is 0.0625. The van der Waals surface area contributed by atoms with Gasteiger partial charge in [-0.3, -0.25) is 4.79 Å². The summed E-state index contributed by atoms with van der Waals surface area (Å²) in [6.07, 6.45) is 3.11. The second kappa shape index (κ2) is 6.20. The van der Waals surface area contributed by atoms with Crippen LogP contribution < -0.4 is 0 Å². The van der Waals surface area contributed by atoms with Crippen LogP contribution in [0.25, 0.3) is 0 Å². The van der Waals surface area contributed by atoms with Crippen LogP contribution in [0.1, 0.15) is 72.0 Å². The van der Waals surface area contributed by atoms with Crippen LogP contribution in [0.2, 0.25) is 0 Å². The first-order chi connectivity index (χ1) is 10.6. The number of carbonyl (C=O) groups excluding carboxylic acids is 1. The molecule has 1 fully saturated rings. The van der Waals surface area contributed by atoms with Crippen molar-refractivity contribution in [1.29, 1.82) is 0 Å². The minimum atomic E-state index is -0.0723. The fourth-order valence-corrected chi connectivity index (χ4v) is 3.70. The molecule has 3 heterocycles. The molecule has 1 aliphatic heterocycles. The maximum Gasteiger partial charge on any atom is 0.293 e. The summed E-state index contributed by atoms with van der Waals surface area (Å²) < 4.78 is 5.27. The topological polar surface area (TPSA) is 59.2 Å². The van der Waals surface area contributed by atoms with Gasteiger partial charge >= 0.3 is 0 Å². The maximum absolute atomic E-state index is 12.8. The highest BCUT2D eigenvalue weighted by atomic mass is 32.1. The van der Waals surface area contributed by atoms with Crippen LogP contribution in [0.5, 0.6) is 0 Å². The first kappa shape index (κ1) is 15.2. The predicted molar refractivity (Wildman–Crippen MR) is 85.1 cm³/mol. The van der Waals surface area contributed by atoms with Crippen molar-refractivity contribution in [2.45, 2.75) is 52.0 Å². The van der Waals surface area contributed by atoms with Crippen molar-refractivity contribution in [2.24, 2.45) is 0 Å². The van der Waals surface area contributed by atoms with E-state index in [4.69, 9.17) is 4.52 Å². The normalized spacial score (nSPS) is 18.9. The predicted octanol–water partition coefficient (Wildman–Crippen LogP) is 3.93. The lowest BCUT2D eigenvalue weighted by atomic mass is 10.0. The first-order valence-electron chi connectivity index (χ1n) is 7.76. The number of piperidine rings is 1. The van der Waals surface area contributed by atoms with Crippen LogP contribution in [0.15, 0.2) is 16.0 Å². The van der Waals surface area contributed by atoms with Crippen LogP contribution in [0.3, 0.4) is 0 Å². The Balaban J connectivity index is 1.84. The van der Waals surface area contributed by atoms with Gasteiger partial charge in [0, 0.05) is 23.7 Å². The van der Waals surface area contributed by atoms with E-state index in [2.05, 4.69) is 10.1 Å². The Morgan fingerprint density at radius 1 is 1.45 bits per heavy atom. The van der Waals surface area contributed by atoms with Crippen molar-refractivity contribution in [2.75, 3.05) is 6.54 Å². The van der Waals surface area contributed by atoms with Crippen molar-refractivity contribution in [3.63, 3.8) is 0 Å². The fraction of sp³-hybridized carbons (Fsp3) is 0.562. The monoisotopic (exact) mass is 319 g/mol. The van der Waals surface area contributed by atoms with Crippen LogP contribution in [0, 0.1) is 6.92 Å². The number of aromatic nitrogens is 2. The molecule has 0 bridgehead atoms. The van der Waals surface area contributed by atoms with E-state index in [9.17, 15) is 4.79 Å². The van der Waals surface area contributed by atoms with Crippen LogP contribution >= 0.6 is 11.3 Å². The van der Waals surface area contributed by atoms with Gasteiger partial charge in [-0.15, -0.1) is 11.3 Å². The third-order valence-electron chi connectivity index (χ3n) is 4.02. The summed E-state index contributed by atoms with van der Waals surface area (Å²) in [5, 5.41) is 7.06. The van der Waals surface area contributed by atoms with Gasteiger partial charge in [-0.05, 0) is 32.1 Å². The molecular formula is C16H21N3O2S. The molecule has 5 nitrogen and oxygen atoms in total. The Kier molecular flexibility index (Phi) is 4.29. The average Bonchev–Trinajstić information content (AvgIpc) is 3.15. The largest absolute Gasteiger partial charge is 0.351 e. The van der Waals surface area contributed by atoms with Crippen LogP contribution in [-0.2, 0) is 0 Å². The third-order valence-corrected chi connectivity index (χ3v) is 5.08. The zero-order valence-electron chi connectivity index (χ0n) is 13.2. The molecule has 2 aromatic rings. The summed E-state index contributed by atoms with van der Waals surface area (Å²) in [5.74, 6) is 0.518. The number of amides is 1. The zero-order valence-corrected chi connectivity index (χ0v) is 14.0. The molecule has 22 heavy (non-hydrogen) atoms. The Bertz CT molecular complexity index is 662. The van der Waals surface area contributed by atoms with E-state index >= 15 is 0 Å². The van der Waals surface area contributed by atoms with Gasteiger partial charge in [0.2, 0.25) is 5.76 Å². The SMILES string of the molecule is Cc1csc(C2CCCCN2C(=O)c2cc(C(C)C)no2)n1. The number of rotatable bonds is 3.